The Hall–Kier alpha value is -4.54. The van der Waals surface area contributed by atoms with Gasteiger partial charge in [0.1, 0.15) is 11.4 Å². The minimum Gasteiger partial charge on any atom is -0.375 e. The molecule has 1 aliphatic rings. The quantitative estimate of drug-likeness (QED) is 0.255. The number of nitrogens with two attached hydrogens (primary N) is 2. The molecule has 0 saturated heterocycles. The average Bonchev–Trinajstić information content (AvgIpc) is 3.75. The molecular weight excluding hydrogens is 541 g/mol. The normalized spacial score (nSPS) is 12.2. The second kappa shape index (κ2) is 10.9. The predicted molar refractivity (Wildman–Crippen MR) is 161 cm³/mol. The number of thiophene rings is 1. The van der Waals surface area contributed by atoms with E-state index >= 15 is 0 Å². The summed E-state index contributed by atoms with van der Waals surface area (Å²) < 4.78 is 2.53. The van der Waals surface area contributed by atoms with E-state index in [9.17, 15) is 9.59 Å². The predicted octanol–water partition coefficient (Wildman–Crippen LogP) is 5.46. The van der Waals surface area contributed by atoms with Crippen LogP contribution in [0.4, 0.5) is 5.13 Å². The van der Waals surface area contributed by atoms with Crippen molar-refractivity contribution in [3.8, 4) is 11.3 Å². The number of carbonyl (C=O) groups excluding carboxylic acids is 2. The summed E-state index contributed by atoms with van der Waals surface area (Å²) in [5, 5.41) is 7.21. The number of primary amides is 1. The highest BCUT2D eigenvalue weighted by Gasteiger charge is 2.22. The molecular formula is C30H26N6O2S2. The van der Waals surface area contributed by atoms with Gasteiger partial charge in [0.05, 0.1) is 15.8 Å². The van der Waals surface area contributed by atoms with Crippen molar-refractivity contribution in [2.45, 2.75) is 25.8 Å². The molecule has 0 unspecified atom stereocenters. The maximum atomic E-state index is 13.0. The number of pyridine rings is 1. The lowest BCUT2D eigenvalue weighted by Crippen LogP contribution is -2.23. The molecule has 0 bridgehead atoms. The standard InChI is InChI=1S/C21H16N6O2S2.C9H10/c22-18(28)17-16(12-5-7-30-10-12)26-19-13(2-1-6-27(17)19)20(29)24-9-11-3-4-14-15(8-11)31-21(23)25-14;1-2-5-9-7-3-6-8(9)4-1/h1-8,10H,9H2,(H2,22,28)(H2,23,25)(H,24,29);1-2,4-5H,3,6-7H2. The molecule has 10 heteroatoms. The number of rotatable bonds is 5. The van der Waals surface area contributed by atoms with Gasteiger partial charge in [0.2, 0.25) is 0 Å². The third-order valence-corrected chi connectivity index (χ3v) is 8.39. The van der Waals surface area contributed by atoms with Crippen LogP contribution in [0.3, 0.4) is 0 Å². The summed E-state index contributed by atoms with van der Waals surface area (Å²) >= 11 is 2.89. The Balaban J connectivity index is 0.000000271. The Morgan fingerprint density at radius 3 is 2.52 bits per heavy atom. The third kappa shape index (κ3) is 5.06. The fraction of sp³-hybridized carbons (Fsp3) is 0.133. The van der Waals surface area contributed by atoms with Crippen LogP contribution in [0.5, 0.6) is 0 Å². The summed E-state index contributed by atoms with van der Waals surface area (Å²) in [6.45, 7) is 0.328. The van der Waals surface area contributed by atoms with E-state index in [2.05, 4.69) is 39.6 Å². The van der Waals surface area contributed by atoms with Gasteiger partial charge in [-0.3, -0.25) is 14.0 Å². The molecule has 40 heavy (non-hydrogen) atoms. The number of imidazole rings is 1. The minimum atomic E-state index is -0.608. The van der Waals surface area contributed by atoms with Crippen molar-refractivity contribution in [3.05, 3.63) is 106 Å². The lowest BCUT2D eigenvalue weighted by molar-refractivity contribution is 0.0949. The molecule has 5 N–H and O–H groups in total. The number of nitrogens with one attached hydrogen (secondary N) is 1. The second-order valence-corrected chi connectivity index (χ2v) is 11.3. The molecule has 0 fully saturated rings. The number of hydrogen-bond donors (Lipinski definition) is 3. The Morgan fingerprint density at radius 2 is 1.80 bits per heavy atom. The summed E-state index contributed by atoms with van der Waals surface area (Å²) in [6.07, 6.45) is 5.64. The van der Waals surface area contributed by atoms with Crippen molar-refractivity contribution in [2.24, 2.45) is 5.73 Å². The van der Waals surface area contributed by atoms with Gasteiger partial charge >= 0.3 is 0 Å². The van der Waals surface area contributed by atoms with E-state index in [0.717, 1.165) is 21.3 Å². The van der Waals surface area contributed by atoms with Gasteiger partial charge in [0, 0.05) is 23.7 Å². The van der Waals surface area contributed by atoms with Crippen LogP contribution < -0.4 is 16.8 Å². The van der Waals surface area contributed by atoms with Crippen LogP contribution in [-0.2, 0) is 19.4 Å². The van der Waals surface area contributed by atoms with Crippen molar-refractivity contribution in [2.75, 3.05) is 5.73 Å². The highest BCUT2D eigenvalue weighted by atomic mass is 32.1. The van der Waals surface area contributed by atoms with E-state index in [1.54, 1.807) is 33.9 Å². The van der Waals surface area contributed by atoms with Crippen molar-refractivity contribution in [1.82, 2.24) is 19.7 Å². The first-order valence-electron chi connectivity index (χ1n) is 12.8. The van der Waals surface area contributed by atoms with Crippen molar-refractivity contribution >= 4 is 55.5 Å². The van der Waals surface area contributed by atoms with Crippen molar-refractivity contribution in [1.29, 1.82) is 0 Å². The van der Waals surface area contributed by atoms with Crippen molar-refractivity contribution in [3.63, 3.8) is 0 Å². The number of amides is 2. The molecule has 2 aromatic carbocycles. The molecule has 4 heterocycles. The highest BCUT2D eigenvalue weighted by molar-refractivity contribution is 7.22. The van der Waals surface area contributed by atoms with Crippen molar-refractivity contribution < 1.29 is 9.59 Å². The van der Waals surface area contributed by atoms with E-state index in [1.807, 2.05) is 35.0 Å². The van der Waals surface area contributed by atoms with E-state index in [-0.39, 0.29) is 11.6 Å². The van der Waals surface area contributed by atoms with E-state index in [0.29, 0.717) is 28.6 Å². The van der Waals surface area contributed by atoms with Gasteiger partial charge < -0.3 is 16.8 Å². The van der Waals surface area contributed by atoms with Crippen LogP contribution >= 0.6 is 22.7 Å². The molecule has 200 valence electrons. The Labute approximate surface area is 238 Å². The first kappa shape index (κ1) is 25.7. The number of aryl methyl sites for hydroxylation is 2. The number of anilines is 1. The van der Waals surface area contributed by atoms with Gasteiger partial charge in [-0.2, -0.15) is 11.3 Å². The number of benzene rings is 2. The van der Waals surface area contributed by atoms with Gasteiger partial charge in [-0.05, 0) is 71.7 Å². The number of nitrogen functional groups attached to an aromatic ring is 1. The molecule has 4 aromatic heterocycles. The number of aromatic nitrogens is 3. The zero-order chi connectivity index (χ0) is 27.6. The number of thiazole rings is 1. The zero-order valence-corrected chi connectivity index (χ0v) is 23.1. The number of nitrogens with zero attached hydrogens (tertiary/aromatic N) is 3. The summed E-state index contributed by atoms with van der Waals surface area (Å²) in [6, 6.07) is 19.7. The Bertz CT molecular complexity index is 1830. The maximum Gasteiger partial charge on any atom is 0.268 e. The van der Waals surface area contributed by atoms with Crippen LogP contribution in [0, 0.1) is 0 Å². The third-order valence-electron chi connectivity index (χ3n) is 6.86. The van der Waals surface area contributed by atoms with Gasteiger partial charge in [0.15, 0.2) is 10.8 Å². The van der Waals surface area contributed by atoms with Gasteiger partial charge in [-0.15, -0.1) is 0 Å². The Morgan fingerprint density at radius 1 is 1.00 bits per heavy atom. The van der Waals surface area contributed by atoms with Crippen LogP contribution in [-0.4, -0.2) is 26.2 Å². The molecule has 0 atom stereocenters. The second-order valence-electron chi connectivity index (χ2n) is 9.46. The molecule has 8 nitrogen and oxygen atoms in total. The summed E-state index contributed by atoms with van der Waals surface area (Å²) in [5.74, 6) is -0.907. The van der Waals surface area contributed by atoms with E-state index in [4.69, 9.17) is 11.5 Å². The fourth-order valence-corrected chi connectivity index (χ4v) is 6.41. The Kier molecular flexibility index (Phi) is 7.02. The molecule has 1 aliphatic carbocycles. The topological polar surface area (TPSA) is 128 Å². The lowest BCUT2D eigenvalue weighted by atomic mass is 10.1. The SMILES string of the molecule is NC(=O)c1c(-c2ccsc2)nc2c(C(=O)NCc3ccc4nc(N)sc4c3)cccn12.c1ccc2c(c1)CCC2. The molecule has 0 aliphatic heterocycles. The fourth-order valence-electron chi connectivity index (χ4n) is 4.97. The summed E-state index contributed by atoms with van der Waals surface area (Å²) in [4.78, 5) is 33.9. The highest BCUT2D eigenvalue weighted by Crippen LogP contribution is 2.28. The maximum absolute atomic E-state index is 13.0. The number of hydrogen-bond acceptors (Lipinski definition) is 7. The van der Waals surface area contributed by atoms with Gasteiger partial charge in [-0.1, -0.05) is 41.7 Å². The van der Waals surface area contributed by atoms with E-state index < -0.39 is 5.91 Å². The van der Waals surface area contributed by atoms with Crippen LogP contribution in [0.2, 0.25) is 0 Å². The first-order valence-corrected chi connectivity index (χ1v) is 14.6. The zero-order valence-electron chi connectivity index (χ0n) is 21.5. The number of fused-ring (bicyclic) bond motifs is 3. The smallest absolute Gasteiger partial charge is 0.268 e. The monoisotopic (exact) mass is 566 g/mol. The minimum absolute atomic E-state index is 0.247. The lowest BCUT2D eigenvalue weighted by Gasteiger charge is -2.07. The molecule has 6 aromatic rings. The van der Waals surface area contributed by atoms with Gasteiger partial charge in [-0.25, -0.2) is 9.97 Å². The van der Waals surface area contributed by atoms with Crippen LogP contribution in [0.25, 0.3) is 27.1 Å². The summed E-state index contributed by atoms with van der Waals surface area (Å²) in [5.41, 5.74) is 18.5. The first-order chi connectivity index (χ1) is 19.5. The molecule has 7 rings (SSSR count). The molecule has 0 saturated carbocycles. The molecule has 0 radical (unpaired) electrons. The summed E-state index contributed by atoms with van der Waals surface area (Å²) in [7, 11) is 0. The average molecular weight is 567 g/mol. The van der Waals surface area contributed by atoms with Crippen LogP contribution in [0.15, 0.2) is 77.6 Å². The van der Waals surface area contributed by atoms with Gasteiger partial charge in [0.25, 0.3) is 11.8 Å². The molecule has 2 amide bonds. The molecule has 0 spiro atoms. The van der Waals surface area contributed by atoms with Crippen LogP contribution in [0.1, 0.15) is 44.0 Å². The number of carbonyl (C=O) groups is 2. The largest absolute Gasteiger partial charge is 0.375 e. The van der Waals surface area contributed by atoms with E-state index in [1.165, 1.54) is 41.9 Å².